The third kappa shape index (κ3) is 3.51. The molecule has 0 bridgehead atoms. The molecule has 23 heavy (non-hydrogen) atoms. The van der Waals surface area contributed by atoms with Crippen LogP contribution in [0.5, 0.6) is 0 Å². The van der Waals surface area contributed by atoms with Crippen LogP contribution in [0.25, 0.3) is 0 Å². The molecule has 1 aliphatic rings. The van der Waals surface area contributed by atoms with Gasteiger partial charge in [0.2, 0.25) is 5.91 Å². The average molecular weight is 310 g/mol. The first-order valence-corrected chi connectivity index (χ1v) is 7.52. The zero-order valence-electron chi connectivity index (χ0n) is 12.6. The molecule has 0 aliphatic carbocycles. The van der Waals surface area contributed by atoms with E-state index in [1.807, 2.05) is 42.5 Å². The molecular weight excluding hydrogens is 292 g/mol. The van der Waals surface area contributed by atoms with Crippen molar-refractivity contribution < 1.29 is 14.7 Å². The first kappa shape index (κ1) is 15.1. The Kier molecular flexibility index (Phi) is 4.28. The predicted molar refractivity (Wildman–Crippen MR) is 86.1 cm³/mol. The number of hydrogen-bond acceptors (Lipinski definition) is 2. The number of amides is 2. The summed E-state index contributed by atoms with van der Waals surface area (Å²) in [6, 6.07) is 17.4. The fourth-order valence-electron chi connectivity index (χ4n) is 2.63. The highest BCUT2D eigenvalue weighted by atomic mass is 16.4. The second-order valence-electron chi connectivity index (χ2n) is 5.65. The maximum absolute atomic E-state index is 11.4. The third-order valence-electron chi connectivity index (χ3n) is 4.02. The van der Waals surface area contributed by atoms with E-state index in [0.717, 1.165) is 12.0 Å². The summed E-state index contributed by atoms with van der Waals surface area (Å²) in [6.07, 6.45) is -0.229. The predicted octanol–water partition coefficient (Wildman–Crippen LogP) is 2.26. The van der Waals surface area contributed by atoms with Gasteiger partial charge in [-0.25, -0.2) is 4.79 Å². The van der Waals surface area contributed by atoms with Gasteiger partial charge in [-0.1, -0.05) is 54.6 Å². The number of nitrogens with one attached hydrogen (secondary N) is 1. The molecule has 2 N–H and O–H groups in total. The molecule has 0 unspecified atom stereocenters. The lowest BCUT2D eigenvalue weighted by Gasteiger charge is -2.34. The zero-order chi connectivity index (χ0) is 16.2. The molecule has 3 rings (SSSR count). The SMILES string of the molecule is O=C1NC[C@@H]1N(Cc1ccc(Cc2ccccc2)cc1)C(=O)O. The molecule has 2 aromatic rings. The first-order chi connectivity index (χ1) is 11.1. The summed E-state index contributed by atoms with van der Waals surface area (Å²) in [4.78, 5) is 23.9. The second-order valence-corrected chi connectivity index (χ2v) is 5.65. The van der Waals surface area contributed by atoms with Gasteiger partial charge in [-0.2, -0.15) is 0 Å². The molecule has 118 valence electrons. The number of hydrogen-bond donors (Lipinski definition) is 2. The normalized spacial score (nSPS) is 16.3. The maximum atomic E-state index is 11.4. The standard InChI is InChI=1S/C18H18N2O3/c21-17-16(11-19-17)20(18(22)23)12-15-8-6-14(7-9-15)10-13-4-2-1-3-5-13/h1-9,16H,10-12H2,(H,19,21)(H,22,23)/t16-/m0/s1. The molecular formula is C18H18N2O3. The van der Waals surface area contributed by atoms with Crippen molar-refractivity contribution in [3.05, 3.63) is 71.3 Å². The summed E-state index contributed by atoms with van der Waals surface area (Å²) in [5.74, 6) is -0.229. The molecule has 5 nitrogen and oxygen atoms in total. The number of nitrogens with zero attached hydrogens (tertiary/aromatic N) is 1. The van der Waals surface area contributed by atoms with Crippen molar-refractivity contribution in [3.8, 4) is 0 Å². The Bertz CT molecular complexity index is 698. The van der Waals surface area contributed by atoms with Crippen LogP contribution >= 0.6 is 0 Å². The minimum atomic E-state index is -1.07. The summed E-state index contributed by atoms with van der Waals surface area (Å²) in [5.41, 5.74) is 3.28. The van der Waals surface area contributed by atoms with Crippen LogP contribution in [0.3, 0.4) is 0 Å². The van der Waals surface area contributed by atoms with Gasteiger partial charge in [0.05, 0.1) is 0 Å². The van der Waals surface area contributed by atoms with Crippen LogP contribution in [0.1, 0.15) is 16.7 Å². The van der Waals surface area contributed by atoms with Crippen molar-refractivity contribution in [3.63, 3.8) is 0 Å². The van der Waals surface area contributed by atoms with Crippen LogP contribution in [-0.4, -0.2) is 34.6 Å². The van der Waals surface area contributed by atoms with E-state index in [1.165, 1.54) is 16.0 Å². The Morgan fingerprint density at radius 1 is 1.04 bits per heavy atom. The van der Waals surface area contributed by atoms with Crippen molar-refractivity contribution in [2.45, 2.75) is 19.0 Å². The lowest BCUT2D eigenvalue weighted by atomic mass is 10.0. The van der Waals surface area contributed by atoms with E-state index >= 15 is 0 Å². The first-order valence-electron chi connectivity index (χ1n) is 7.52. The number of benzene rings is 2. The highest BCUT2D eigenvalue weighted by Crippen LogP contribution is 2.15. The van der Waals surface area contributed by atoms with Gasteiger partial charge in [-0.3, -0.25) is 9.69 Å². The van der Waals surface area contributed by atoms with Crippen LogP contribution in [0.2, 0.25) is 0 Å². The molecule has 5 heteroatoms. The van der Waals surface area contributed by atoms with Crippen LogP contribution in [0.15, 0.2) is 54.6 Å². The molecule has 2 amide bonds. The van der Waals surface area contributed by atoms with Gasteiger partial charge in [0.1, 0.15) is 6.04 Å². The zero-order valence-corrected chi connectivity index (χ0v) is 12.6. The summed E-state index contributed by atoms with van der Waals surface area (Å²) in [6.45, 7) is 0.607. The topological polar surface area (TPSA) is 69.6 Å². The quantitative estimate of drug-likeness (QED) is 0.832. The summed E-state index contributed by atoms with van der Waals surface area (Å²) >= 11 is 0. The Hall–Kier alpha value is -2.82. The van der Waals surface area contributed by atoms with E-state index in [0.29, 0.717) is 6.54 Å². The molecule has 1 saturated heterocycles. The fraction of sp³-hybridized carbons (Fsp3) is 0.222. The van der Waals surface area contributed by atoms with Crippen molar-refractivity contribution >= 4 is 12.0 Å². The van der Waals surface area contributed by atoms with Crippen LogP contribution in [-0.2, 0) is 17.8 Å². The average Bonchev–Trinajstić information content (AvgIpc) is 2.55. The van der Waals surface area contributed by atoms with E-state index < -0.39 is 12.1 Å². The van der Waals surface area contributed by atoms with Crippen molar-refractivity contribution in [2.24, 2.45) is 0 Å². The van der Waals surface area contributed by atoms with Crippen molar-refractivity contribution in [2.75, 3.05) is 6.54 Å². The highest BCUT2D eigenvalue weighted by molar-refractivity contribution is 5.90. The summed E-state index contributed by atoms with van der Waals surface area (Å²) < 4.78 is 0. The largest absolute Gasteiger partial charge is 0.465 e. The Morgan fingerprint density at radius 2 is 1.65 bits per heavy atom. The highest BCUT2D eigenvalue weighted by Gasteiger charge is 2.36. The molecule has 0 aromatic heterocycles. The Labute approximate surface area is 134 Å². The lowest BCUT2D eigenvalue weighted by molar-refractivity contribution is -0.132. The molecule has 0 saturated carbocycles. The molecule has 1 fully saturated rings. The number of β-lactam (4-membered cyclic amide) rings is 1. The van der Waals surface area contributed by atoms with E-state index in [2.05, 4.69) is 17.4 Å². The minimum absolute atomic E-state index is 0.221. The van der Waals surface area contributed by atoms with E-state index in [9.17, 15) is 14.7 Å². The van der Waals surface area contributed by atoms with E-state index in [1.54, 1.807) is 0 Å². The van der Waals surface area contributed by atoms with Gasteiger partial charge in [-0.05, 0) is 23.1 Å². The van der Waals surface area contributed by atoms with E-state index in [4.69, 9.17) is 0 Å². The molecule has 1 atom stereocenters. The van der Waals surface area contributed by atoms with Gasteiger partial charge in [-0.15, -0.1) is 0 Å². The Morgan fingerprint density at radius 3 is 2.17 bits per heavy atom. The van der Waals surface area contributed by atoms with Gasteiger partial charge >= 0.3 is 6.09 Å². The third-order valence-corrected chi connectivity index (χ3v) is 4.02. The van der Waals surface area contributed by atoms with Crippen LogP contribution in [0.4, 0.5) is 4.79 Å². The maximum Gasteiger partial charge on any atom is 0.408 e. The number of rotatable bonds is 5. The van der Waals surface area contributed by atoms with Crippen molar-refractivity contribution in [1.82, 2.24) is 10.2 Å². The molecule has 0 spiro atoms. The number of carbonyl (C=O) groups excluding carboxylic acids is 1. The van der Waals surface area contributed by atoms with Crippen LogP contribution in [0, 0.1) is 0 Å². The summed E-state index contributed by atoms with van der Waals surface area (Å²) in [7, 11) is 0. The molecule has 0 radical (unpaired) electrons. The lowest BCUT2D eigenvalue weighted by Crippen LogP contribution is -2.62. The second kappa shape index (κ2) is 6.52. The molecule has 2 aromatic carbocycles. The number of carbonyl (C=O) groups is 2. The monoisotopic (exact) mass is 310 g/mol. The van der Waals surface area contributed by atoms with Crippen LogP contribution < -0.4 is 5.32 Å². The van der Waals surface area contributed by atoms with E-state index in [-0.39, 0.29) is 12.5 Å². The van der Waals surface area contributed by atoms with Gasteiger partial charge in [0, 0.05) is 13.1 Å². The minimum Gasteiger partial charge on any atom is -0.465 e. The summed E-state index contributed by atoms with van der Waals surface area (Å²) in [5, 5.41) is 11.9. The number of carboxylic acid groups (broad SMARTS) is 1. The smallest absolute Gasteiger partial charge is 0.408 e. The molecule has 1 aliphatic heterocycles. The van der Waals surface area contributed by atoms with Gasteiger partial charge in [0.15, 0.2) is 0 Å². The van der Waals surface area contributed by atoms with Gasteiger partial charge < -0.3 is 10.4 Å². The van der Waals surface area contributed by atoms with Crippen molar-refractivity contribution in [1.29, 1.82) is 0 Å². The van der Waals surface area contributed by atoms with Gasteiger partial charge in [0.25, 0.3) is 0 Å². The fourth-order valence-corrected chi connectivity index (χ4v) is 2.63. The Balaban J connectivity index is 1.66. The molecule has 1 heterocycles.